The number of benzene rings is 1. The SMILES string of the molecule is N#CCNC(=O)CNc1cc(C(F)(F)F)ccc1Br. The van der Waals surface area contributed by atoms with Gasteiger partial charge in [-0.05, 0) is 34.1 Å². The van der Waals surface area contributed by atoms with Gasteiger partial charge in [-0.2, -0.15) is 18.4 Å². The highest BCUT2D eigenvalue weighted by molar-refractivity contribution is 9.10. The highest BCUT2D eigenvalue weighted by Crippen LogP contribution is 2.33. The maximum absolute atomic E-state index is 12.5. The fourth-order valence-electron chi connectivity index (χ4n) is 1.21. The van der Waals surface area contributed by atoms with Gasteiger partial charge in [0.25, 0.3) is 0 Å². The van der Waals surface area contributed by atoms with Gasteiger partial charge < -0.3 is 10.6 Å². The summed E-state index contributed by atoms with van der Waals surface area (Å²) in [5.74, 6) is -0.481. The number of hydrogen-bond donors (Lipinski definition) is 2. The van der Waals surface area contributed by atoms with E-state index >= 15 is 0 Å². The van der Waals surface area contributed by atoms with Crippen LogP contribution in [0.2, 0.25) is 0 Å². The first-order chi connectivity index (χ1) is 8.84. The number of nitrogens with zero attached hydrogens (tertiary/aromatic N) is 1. The molecule has 0 saturated carbocycles. The van der Waals surface area contributed by atoms with E-state index in [4.69, 9.17) is 5.26 Å². The molecule has 0 fully saturated rings. The number of carbonyl (C=O) groups is 1. The number of amides is 1. The first-order valence-electron chi connectivity index (χ1n) is 5.09. The number of hydrogen-bond acceptors (Lipinski definition) is 3. The highest BCUT2D eigenvalue weighted by Gasteiger charge is 2.30. The number of alkyl halides is 3. The van der Waals surface area contributed by atoms with Gasteiger partial charge in [0.1, 0.15) is 6.54 Å². The molecule has 0 aliphatic heterocycles. The Labute approximate surface area is 115 Å². The molecule has 0 aliphatic rings. The zero-order valence-corrected chi connectivity index (χ0v) is 11.1. The van der Waals surface area contributed by atoms with E-state index in [1.54, 1.807) is 6.07 Å². The van der Waals surface area contributed by atoms with E-state index in [9.17, 15) is 18.0 Å². The van der Waals surface area contributed by atoms with Gasteiger partial charge in [-0.25, -0.2) is 0 Å². The van der Waals surface area contributed by atoms with Crippen molar-refractivity contribution >= 4 is 27.5 Å². The van der Waals surface area contributed by atoms with Gasteiger partial charge in [0.15, 0.2) is 0 Å². The Hall–Kier alpha value is -1.75. The first-order valence-corrected chi connectivity index (χ1v) is 5.88. The van der Waals surface area contributed by atoms with Crippen LogP contribution in [0.1, 0.15) is 5.56 Å². The van der Waals surface area contributed by atoms with Gasteiger partial charge >= 0.3 is 6.18 Å². The predicted molar refractivity (Wildman–Crippen MR) is 66.3 cm³/mol. The summed E-state index contributed by atoms with van der Waals surface area (Å²) in [6, 6.07) is 4.81. The van der Waals surface area contributed by atoms with Crippen molar-refractivity contribution in [3.05, 3.63) is 28.2 Å². The molecule has 19 heavy (non-hydrogen) atoms. The van der Waals surface area contributed by atoms with Crippen LogP contribution >= 0.6 is 15.9 Å². The Balaban J connectivity index is 2.73. The van der Waals surface area contributed by atoms with Crippen LogP contribution in [0.25, 0.3) is 0 Å². The van der Waals surface area contributed by atoms with Crippen molar-refractivity contribution in [2.24, 2.45) is 0 Å². The zero-order chi connectivity index (χ0) is 14.5. The Morgan fingerprint density at radius 1 is 1.42 bits per heavy atom. The molecule has 2 N–H and O–H groups in total. The molecular formula is C11H9BrF3N3O. The minimum absolute atomic E-state index is 0.149. The third kappa shape index (κ3) is 4.79. The van der Waals surface area contributed by atoms with E-state index in [1.165, 1.54) is 6.07 Å². The first kappa shape index (κ1) is 15.3. The van der Waals surface area contributed by atoms with Crippen molar-refractivity contribution < 1.29 is 18.0 Å². The average Bonchev–Trinajstić information content (AvgIpc) is 2.33. The Morgan fingerprint density at radius 2 is 2.11 bits per heavy atom. The summed E-state index contributed by atoms with van der Waals surface area (Å²) in [7, 11) is 0. The summed E-state index contributed by atoms with van der Waals surface area (Å²) in [4.78, 5) is 11.2. The molecule has 0 bridgehead atoms. The monoisotopic (exact) mass is 335 g/mol. The van der Waals surface area contributed by atoms with E-state index < -0.39 is 17.6 Å². The number of nitriles is 1. The van der Waals surface area contributed by atoms with Crippen molar-refractivity contribution in [1.82, 2.24) is 5.32 Å². The van der Waals surface area contributed by atoms with Crippen molar-refractivity contribution in [3.63, 3.8) is 0 Å². The molecule has 102 valence electrons. The Bertz CT molecular complexity index is 511. The molecule has 0 atom stereocenters. The smallest absolute Gasteiger partial charge is 0.375 e. The highest BCUT2D eigenvalue weighted by atomic mass is 79.9. The molecule has 0 spiro atoms. The lowest BCUT2D eigenvalue weighted by molar-refractivity contribution is -0.137. The van der Waals surface area contributed by atoms with Gasteiger partial charge in [0, 0.05) is 10.2 Å². The van der Waals surface area contributed by atoms with Gasteiger partial charge in [-0.1, -0.05) is 0 Å². The largest absolute Gasteiger partial charge is 0.416 e. The third-order valence-electron chi connectivity index (χ3n) is 2.10. The van der Waals surface area contributed by atoms with Gasteiger partial charge in [0.2, 0.25) is 5.91 Å². The normalized spacial score (nSPS) is 10.7. The van der Waals surface area contributed by atoms with Crippen molar-refractivity contribution in [2.45, 2.75) is 6.18 Å². The lowest BCUT2D eigenvalue weighted by Gasteiger charge is -2.12. The number of anilines is 1. The molecular weight excluding hydrogens is 327 g/mol. The molecule has 1 aromatic rings. The number of halogens is 4. The van der Waals surface area contributed by atoms with Gasteiger partial charge in [-0.15, -0.1) is 0 Å². The second-order valence-corrected chi connectivity index (χ2v) is 4.34. The van der Waals surface area contributed by atoms with Crippen LogP contribution < -0.4 is 10.6 Å². The summed E-state index contributed by atoms with van der Waals surface area (Å²) in [5.41, 5.74) is -0.655. The molecule has 0 aromatic heterocycles. The van der Waals surface area contributed by atoms with Crippen LogP contribution in [0.15, 0.2) is 22.7 Å². The minimum Gasteiger partial charge on any atom is -0.375 e. The molecule has 0 unspecified atom stereocenters. The second-order valence-electron chi connectivity index (χ2n) is 3.48. The van der Waals surface area contributed by atoms with E-state index in [0.29, 0.717) is 4.47 Å². The molecule has 1 aromatic carbocycles. The van der Waals surface area contributed by atoms with Crippen LogP contribution in [-0.4, -0.2) is 19.0 Å². The topological polar surface area (TPSA) is 64.9 Å². The predicted octanol–water partition coefficient (Wildman–Crippen LogP) is 2.52. The summed E-state index contributed by atoms with van der Waals surface area (Å²) in [6.07, 6.45) is -4.44. The number of carbonyl (C=O) groups excluding carboxylic acids is 1. The lowest BCUT2D eigenvalue weighted by atomic mass is 10.2. The molecule has 0 heterocycles. The fraction of sp³-hybridized carbons (Fsp3) is 0.273. The van der Waals surface area contributed by atoms with E-state index in [0.717, 1.165) is 12.1 Å². The molecule has 4 nitrogen and oxygen atoms in total. The van der Waals surface area contributed by atoms with Crippen molar-refractivity contribution in [3.8, 4) is 6.07 Å². The van der Waals surface area contributed by atoms with Crippen LogP contribution in [0.4, 0.5) is 18.9 Å². The number of rotatable bonds is 4. The van der Waals surface area contributed by atoms with Gasteiger partial charge in [0.05, 0.1) is 18.2 Å². The molecule has 0 radical (unpaired) electrons. The summed E-state index contributed by atoms with van der Waals surface area (Å²) < 4.78 is 37.9. The van der Waals surface area contributed by atoms with Crippen molar-refractivity contribution in [2.75, 3.05) is 18.4 Å². The maximum atomic E-state index is 12.5. The summed E-state index contributed by atoms with van der Waals surface area (Å²) in [6.45, 7) is -0.369. The quantitative estimate of drug-likeness (QED) is 0.831. The molecule has 1 amide bonds. The Kier molecular flexibility index (Phi) is 5.18. The number of nitrogens with one attached hydrogen (secondary N) is 2. The third-order valence-corrected chi connectivity index (χ3v) is 2.79. The van der Waals surface area contributed by atoms with E-state index in [1.807, 2.05) is 0 Å². The second kappa shape index (κ2) is 6.43. The van der Waals surface area contributed by atoms with E-state index in [-0.39, 0.29) is 18.8 Å². The standard InChI is InChI=1S/C11H9BrF3N3O/c12-8-2-1-7(11(13,14)15)5-9(8)18-6-10(19)17-4-3-16/h1-2,5,18H,4,6H2,(H,17,19). The molecule has 0 aliphatic carbocycles. The van der Waals surface area contributed by atoms with Crippen LogP contribution in [-0.2, 0) is 11.0 Å². The van der Waals surface area contributed by atoms with Crippen molar-refractivity contribution in [1.29, 1.82) is 5.26 Å². The molecule has 1 rings (SSSR count). The van der Waals surface area contributed by atoms with Crippen LogP contribution in [0.3, 0.4) is 0 Å². The van der Waals surface area contributed by atoms with E-state index in [2.05, 4.69) is 26.6 Å². The Morgan fingerprint density at radius 3 is 2.68 bits per heavy atom. The van der Waals surface area contributed by atoms with Crippen LogP contribution in [0.5, 0.6) is 0 Å². The van der Waals surface area contributed by atoms with Gasteiger partial charge in [-0.3, -0.25) is 4.79 Å². The molecule has 0 saturated heterocycles. The summed E-state index contributed by atoms with van der Waals surface area (Å²) in [5, 5.41) is 13.1. The minimum atomic E-state index is -4.44. The maximum Gasteiger partial charge on any atom is 0.416 e. The van der Waals surface area contributed by atoms with Crippen LogP contribution in [0, 0.1) is 11.3 Å². The fourth-order valence-corrected chi connectivity index (χ4v) is 1.60. The summed E-state index contributed by atoms with van der Waals surface area (Å²) >= 11 is 3.09. The molecule has 8 heteroatoms. The zero-order valence-electron chi connectivity index (χ0n) is 9.51. The average molecular weight is 336 g/mol. The lowest BCUT2D eigenvalue weighted by Crippen LogP contribution is -2.30.